The molecule has 1 unspecified atom stereocenters. The molecule has 3 rings (SSSR count). The smallest absolute Gasteiger partial charge is 0.123 e. The van der Waals surface area contributed by atoms with Gasteiger partial charge in [-0.25, -0.2) is 0 Å². The molecular weight excluding hydrogens is 248 g/mol. The van der Waals surface area contributed by atoms with Crippen LogP contribution in [0.5, 0.6) is 5.75 Å². The highest BCUT2D eigenvalue weighted by molar-refractivity contribution is 5.40. The number of rotatable bonds is 4. The number of hydrogen-bond acceptors (Lipinski definition) is 3. The van der Waals surface area contributed by atoms with Crippen LogP contribution in [0.1, 0.15) is 43.7 Å². The van der Waals surface area contributed by atoms with Crippen LogP contribution in [0.3, 0.4) is 0 Å². The van der Waals surface area contributed by atoms with Crippen molar-refractivity contribution in [3.8, 4) is 5.75 Å². The minimum absolute atomic E-state index is 0.145. The monoisotopic (exact) mass is 274 g/mol. The van der Waals surface area contributed by atoms with Crippen molar-refractivity contribution in [2.24, 2.45) is 0 Å². The molecule has 1 N–H and O–H groups in total. The van der Waals surface area contributed by atoms with Crippen molar-refractivity contribution in [1.29, 1.82) is 0 Å². The molecule has 20 heavy (non-hydrogen) atoms. The topological polar surface area (TPSA) is 24.5 Å². The fourth-order valence-electron chi connectivity index (χ4n) is 3.57. The van der Waals surface area contributed by atoms with E-state index in [2.05, 4.69) is 35.3 Å². The molecule has 0 aliphatic carbocycles. The second kappa shape index (κ2) is 5.74. The molecule has 2 fully saturated rings. The maximum Gasteiger partial charge on any atom is 0.123 e. The third-order valence-electron chi connectivity index (χ3n) is 4.88. The molecule has 0 spiro atoms. The van der Waals surface area contributed by atoms with Crippen LogP contribution in [0.2, 0.25) is 0 Å². The summed E-state index contributed by atoms with van der Waals surface area (Å²) in [4.78, 5) is 2.53. The molecule has 1 aromatic carbocycles. The highest BCUT2D eigenvalue weighted by atomic mass is 16.5. The van der Waals surface area contributed by atoms with Crippen LogP contribution in [-0.2, 0) is 12.1 Å². The highest BCUT2D eigenvalue weighted by Crippen LogP contribution is 2.33. The van der Waals surface area contributed by atoms with Gasteiger partial charge in [-0.1, -0.05) is 6.07 Å². The van der Waals surface area contributed by atoms with Gasteiger partial charge in [0.2, 0.25) is 0 Å². The molecular formula is C17H26N2O. The molecule has 2 saturated heterocycles. The Bertz CT molecular complexity index is 460. The normalized spacial score (nSPS) is 27.1. The van der Waals surface area contributed by atoms with Crippen molar-refractivity contribution in [3.05, 3.63) is 29.3 Å². The zero-order valence-corrected chi connectivity index (χ0v) is 12.7. The zero-order valence-electron chi connectivity index (χ0n) is 12.7. The average molecular weight is 274 g/mol. The molecule has 1 aromatic rings. The summed E-state index contributed by atoms with van der Waals surface area (Å²) in [6.45, 7) is 6.92. The summed E-state index contributed by atoms with van der Waals surface area (Å²) >= 11 is 0. The van der Waals surface area contributed by atoms with Crippen LogP contribution in [0.15, 0.2) is 18.2 Å². The Labute approximate surface area is 122 Å². The lowest BCUT2D eigenvalue weighted by Crippen LogP contribution is -2.33. The van der Waals surface area contributed by atoms with E-state index in [4.69, 9.17) is 4.74 Å². The van der Waals surface area contributed by atoms with Crippen molar-refractivity contribution in [2.45, 2.75) is 44.7 Å². The van der Waals surface area contributed by atoms with Gasteiger partial charge in [0.15, 0.2) is 0 Å². The van der Waals surface area contributed by atoms with Gasteiger partial charge in [0, 0.05) is 17.6 Å². The largest absolute Gasteiger partial charge is 0.496 e. The number of ether oxygens (including phenoxy) is 1. The van der Waals surface area contributed by atoms with Gasteiger partial charge in [-0.05, 0) is 69.9 Å². The van der Waals surface area contributed by atoms with Crippen molar-refractivity contribution in [2.75, 3.05) is 26.7 Å². The summed E-state index contributed by atoms with van der Waals surface area (Å²) in [6, 6.07) is 6.73. The molecule has 2 aliphatic heterocycles. The summed E-state index contributed by atoms with van der Waals surface area (Å²) in [7, 11) is 1.78. The van der Waals surface area contributed by atoms with E-state index in [-0.39, 0.29) is 5.54 Å². The minimum Gasteiger partial charge on any atom is -0.496 e. The van der Waals surface area contributed by atoms with E-state index in [1.807, 2.05) is 0 Å². The van der Waals surface area contributed by atoms with Gasteiger partial charge in [0.25, 0.3) is 0 Å². The molecule has 0 aromatic heterocycles. The van der Waals surface area contributed by atoms with Gasteiger partial charge in [0.05, 0.1) is 7.11 Å². The number of benzene rings is 1. The number of methoxy groups -OCH3 is 1. The van der Waals surface area contributed by atoms with Crippen molar-refractivity contribution in [1.82, 2.24) is 10.2 Å². The van der Waals surface area contributed by atoms with Crippen LogP contribution >= 0.6 is 0 Å². The second-order valence-electron chi connectivity index (χ2n) is 6.37. The van der Waals surface area contributed by atoms with E-state index in [0.717, 1.165) is 18.8 Å². The molecule has 0 radical (unpaired) electrons. The Balaban J connectivity index is 1.85. The number of likely N-dealkylation sites (tertiary alicyclic amines) is 1. The maximum atomic E-state index is 5.56. The Hall–Kier alpha value is -1.06. The predicted octanol–water partition coefficient (Wildman–Crippen LogP) is 2.89. The number of nitrogens with zero attached hydrogens (tertiary/aromatic N) is 1. The summed E-state index contributed by atoms with van der Waals surface area (Å²) in [5.41, 5.74) is 2.89. The van der Waals surface area contributed by atoms with E-state index in [1.54, 1.807) is 7.11 Å². The van der Waals surface area contributed by atoms with Crippen LogP contribution in [0.4, 0.5) is 0 Å². The SMILES string of the molecule is COc1ccc(C2(C)CCCN2)cc1CN1CCCC1. The van der Waals surface area contributed by atoms with Crippen molar-refractivity contribution >= 4 is 0 Å². The van der Waals surface area contributed by atoms with Gasteiger partial charge < -0.3 is 10.1 Å². The minimum atomic E-state index is 0.145. The van der Waals surface area contributed by atoms with Gasteiger partial charge in [-0.3, -0.25) is 4.90 Å². The predicted molar refractivity (Wildman–Crippen MR) is 82.1 cm³/mol. The van der Waals surface area contributed by atoms with Crippen LogP contribution < -0.4 is 10.1 Å². The molecule has 3 nitrogen and oxygen atoms in total. The van der Waals surface area contributed by atoms with Gasteiger partial charge >= 0.3 is 0 Å². The lowest BCUT2D eigenvalue weighted by Gasteiger charge is -2.27. The van der Waals surface area contributed by atoms with E-state index in [0.29, 0.717) is 0 Å². The molecule has 2 heterocycles. The number of hydrogen-bond donors (Lipinski definition) is 1. The van der Waals surface area contributed by atoms with Crippen LogP contribution in [0.25, 0.3) is 0 Å². The van der Waals surface area contributed by atoms with Crippen LogP contribution in [0, 0.1) is 0 Å². The third kappa shape index (κ3) is 2.70. The lowest BCUT2D eigenvalue weighted by molar-refractivity contribution is 0.320. The van der Waals surface area contributed by atoms with Gasteiger partial charge in [-0.15, -0.1) is 0 Å². The average Bonchev–Trinajstić information content (AvgIpc) is 3.11. The fraction of sp³-hybridized carbons (Fsp3) is 0.647. The maximum absolute atomic E-state index is 5.56. The third-order valence-corrected chi connectivity index (χ3v) is 4.88. The van der Waals surface area contributed by atoms with E-state index in [1.165, 1.54) is 49.9 Å². The van der Waals surface area contributed by atoms with E-state index >= 15 is 0 Å². The molecule has 0 saturated carbocycles. The second-order valence-corrected chi connectivity index (χ2v) is 6.37. The standard InChI is InChI=1S/C17H26N2O/c1-17(8-5-9-18-17)15-6-7-16(20-2)14(12-15)13-19-10-3-4-11-19/h6-7,12,18H,3-5,8-11,13H2,1-2H3. The number of nitrogens with one attached hydrogen (secondary N) is 1. The summed E-state index contributed by atoms with van der Waals surface area (Å²) in [6.07, 6.45) is 5.16. The van der Waals surface area contributed by atoms with Crippen LogP contribution in [-0.4, -0.2) is 31.6 Å². The van der Waals surface area contributed by atoms with E-state index < -0.39 is 0 Å². The van der Waals surface area contributed by atoms with Crippen molar-refractivity contribution in [3.63, 3.8) is 0 Å². The van der Waals surface area contributed by atoms with Gasteiger partial charge in [-0.2, -0.15) is 0 Å². The molecule has 0 bridgehead atoms. The Morgan fingerprint density at radius 2 is 2.05 bits per heavy atom. The molecule has 110 valence electrons. The lowest BCUT2D eigenvalue weighted by atomic mass is 9.89. The Morgan fingerprint density at radius 1 is 1.25 bits per heavy atom. The summed E-state index contributed by atoms with van der Waals surface area (Å²) < 4.78 is 5.56. The van der Waals surface area contributed by atoms with E-state index in [9.17, 15) is 0 Å². The quantitative estimate of drug-likeness (QED) is 0.913. The Kier molecular flexibility index (Phi) is 3.99. The van der Waals surface area contributed by atoms with Gasteiger partial charge in [0.1, 0.15) is 5.75 Å². The first-order valence-electron chi connectivity index (χ1n) is 7.86. The zero-order chi connectivity index (χ0) is 14.0. The fourth-order valence-corrected chi connectivity index (χ4v) is 3.57. The molecule has 1 atom stereocenters. The summed E-state index contributed by atoms with van der Waals surface area (Å²) in [5.74, 6) is 1.03. The molecule has 0 amide bonds. The highest BCUT2D eigenvalue weighted by Gasteiger charge is 2.30. The first-order valence-corrected chi connectivity index (χ1v) is 7.86. The molecule has 3 heteroatoms. The molecule has 2 aliphatic rings. The first kappa shape index (κ1) is 13.9. The Morgan fingerprint density at radius 3 is 2.70 bits per heavy atom. The first-order chi connectivity index (χ1) is 9.71. The van der Waals surface area contributed by atoms with Crippen molar-refractivity contribution < 1.29 is 4.74 Å². The summed E-state index contributed by atoms with van der Waals surface area (Å²) in [5, 5.41) is 3.65.